The van der Waals surface area contributed by atoms with E-state index in [0.29, 0.717) is 19.0 Å². The number of rotatable bonds is 7. The van der Waals surface area contributed by atoms with Crippen molar-refractivity contribution < 1.29 is 8.91 Å². The van der Waals surface area contributed by atoms with Crippen LogP contribution in [-0.2, 0) is 19.5 Å². The first-order chi connectivity index (χ1) is 12.4. The van der Waals surface area contributed by atoms with Gasteiger partial charge in [-0.2, -0.15) is 5.10 Å². The van der Waals surface area contributed by atoms with Gasteiger partial charge in [-0.3, -0.25) is 0 Å². The smallest absolute Gasteiger partial charge is 0.150 e. The minimum atomic E-state index is -0.258. The molecule has 0 saturated heterocycles. The molecule has 0 radical (unpaired) electrons. The third-order valence-corrected chi connectivity index (χ3v) is 4.12. The van der Waals surface area contributed by atoms with E-state index in [-0.39, 0.29) is 5.82 Å². The number of hydrogen-bond acceptors (Lipinski definition) is 4. The van der Waals surface area contributed by atoms with Gasteiger partial charge in [0.05, 0.1) is 23.6 Å². The predicted molar refractivity (Wildman–Crippen MR) is 98.6 cm³/mol. The van der Waals surface area contributed by atoms with Crippen LogP contribution in [0.25, 0.3) is 5.69 Å². The summed E-state index contributed by atoms with van der Waals surface area (Å²) in [7, 11) is 0. The summed E-state index contributed by atoms with van der Waals surface area (Å²) < 4.78 is 21.0. The average Bonchev–Trinajstić information content (AvgIpc) is 3.13. The molecule has 3 aromatic rings. The van der Waals surface area contributed by atoms with Gasteiger partial charge in [0, 0.05) is 18.3 Å². The van der Waals surface area contributed by atoms with Gasteiger partial charge in [-0.25, -0.2) is 9.07 Å². The van der Waals surface area contributed by atoms with Crippen molar-refractivity contribution in [2.45, 2.75) is 47.2 Å². The van der Waals surface area contributed by atoms with Gasteiger partial charge in [-0.1, -0.05) is 19.0 Å². The van der Waals surface area contributed by atoms with E-state index in [1.165, 1.54) is 6.07 Å². The quantitative estimate of drug-likeness (QED) is 0.692. The number of aromatic nitrogens is 3. The Labute approximate surface area is 153 Å². The second-order valence-corrected chi connectivity index (χ2v) is 7.10. The highest BCUT2D eigenvalue weighted by Gasteiger charge is 2.11. The normalized spacial score (nSPS) is 11.5. The number of halogens is 1. The van der Waals surface area contributed by atoms with Gasteiger partial charge in [0.25, 0.3) is 0 Å². The summed E-state index contributed by atoms with van der Waals surface area (Å²) in [6.45, 7) is 9.28. The molecule has 0 aliphatic carbocycles. The Bertz CT molecular complexity index is 882. The SMILES string of the molecule is Cc1cc(C)n(-c2ccc(F)cc2CNCc2cc(CC(C)C)no2)n1. The number of hydrogen-bond donors (Lipinski definition) is 1. The zero-order valence-corrected chi connectivity index (χ0v) is 15.7. The molecule has 26 heavy (non-hydrogen) atoms. The monoisotopic (exact) mass is 356 g/mol. The molecule has 1 N–H and O–H groups in total. The van der Waals surface area contributed by atoms with Crippen LogP contribution in [0.2, 0.25) is 0 Å². The number of benzene rings is 1. The van der Waals surface area contributed by atoms with Crippen LogP contribution in [0.4, 0.5) is 4.39 Å². The molecule has 138 valence electrons. The zero-order valence-electron chi connectivity index (χ0n) is 15.7. The highest BCUT2D eigenvalue weighted by molar-refractivity contribution is 5.42. The van der Waals surface area contributed by atoms with Gasteiger partial charge < -0.3 is 9.84 Å². The molecule has 1 aromatic carbocycles. The first-order valence-corrected chi connectivity index (χ1v) is 8.89. The molecule has 0 atom stereocenters. The van der Waals surface area contributed by atoms with E-state index in [4.69, 9.17) is 4.52 Å². The largest absolute Gasteiger partial charge is 0.360 e. The van der Waals surface area contributed by atoms with E-state index in [1.54, 1.807) is 12.1 Å². The van der Waals surface area contributed by atoms with Crippen molar-refractivity contribution in [3.63, 3.8) is 0 Å². The second kappa shape index (κ2) is 7.83. The molecule has 0 fully saturated rings. The fourth-order valence-electron chi connectivity index (χ4n) is 3.05. The van der Waals surface area contributed by atoms with Gasteiger partial charge in [0.1, 0.15) is 5.82 Å². The standard InChI is InChI=1S/C20H25FN4O/c1-13(2)7-18-10-19(26-24-18)12-22-11-16-9-17(21)5-6-20(16)25-15(4)8-14(3)23-25/h5-6,8-10,13,22H,7,11-12H2,1-4H3. The molecule has 0 saturated carbocycles. The molecule has 2 heterocycles. The van der Waals surface area contributed by atoms with Crippen molar-refractivity contribution in [3.8, 4) is 5.69 Å². The number of aryl methyl sites for hydroxylation is 2. The summed E-state index contributed by atoms with van der Waals surface area (Å²) in [6, 6.07) is 8.75. The van der Waals surface area contributed by atoms with Crippen LogP contribution in [0, 0.1) is 25.6 Å². The maximum absolute atomic E-state index is 13.8. The van der Waals surface area contributed by atoms with Crippen LogP contribution >= 0.6 is 0 Å². The Kier molecular flexibility index (Phi) is 5.52. The average molecular weight is 356 g/mol. The van der Waals surface area contributed by atoms with E-state index >= 15 is 0 Å². The zero-order chi connectivity index (χ0) is 18.7. The first kappa shape index (κ1) is 18.3. The molecule has 0 aliphatic rings. The Morgan fingerprint density at radius 2 is 1.96 bits per heavy atom. The summed E-state index contributed by atoms with van der Waals surface area (Å²) in [5, 5.41) is 11.9. The topological polar surface area (TPSA) is 55.9 Å². The summed E-state index contributed by atoms with van der Waals surface area (Å²) in [5.41, 5.74) is 4.64. The number of nitrogens with zero attached hydrogens (tertiary/aromatic N) is 3. The molecule has 0 aliphatic heterocycles. The van der Waals surface area contributed by atoms with E-state index < -0.39 is 0 Å². The number of nitrogens with one attached hydrogen (secondary N) is 1. The molecule has 0 spiro atoms. The van der Waals surface area contributed by atoms with E-state index in [1.807, 2.05) is 30.7 Å². The van der Waals surface area contributed by atoms with Crippen LogP contribution in [-0.4, -0.2) is 14.9 Å². The summed E-state index contributed by atoms with van der Waals surface area (Å²) in [5.74, 6) is 1.06. The lowest BCUT2D eigenvalue weighted by molar-refractivity contribution is 0.365. The maximum atomic E-state index is 13.8. The van der Waals surface area contributed by atoms with Crippen molar-refractivity contribution in [2.75, 3.05) is 0 Å². The van der Waals surface area contributed by atoms with Gasteiger partial charge in [-0.05, 0) is 56.0 Å². The predicted octanol–water partition coefficient (Wildman–Crippen LogP) is 4.10. The lowest BCUT2D eigenvalue weighted by Crippen LogP contribution is -2.15. The molecule has 6 heteroatoms. The van der Waals surface area contributed by atoms with Crippen LogP contribution in [0.3, 0.4) is 0 Å². The third kappa shape index (κ3) is 4.38. The summed E-state index contributed by atoms with van der Waals surface area (Å²) in [6.07, 6.45) is 0.898. The summed E-state index contributed by atoms with van der Waals surface area (Å²) >= 11 is 0. The third-order valence-electron chi connectivity index (χ3n) is 4.12. The molecular weight excluding hydrogens is 331 g/mol. The first-order valence-electron chi connectivity index (χ1n) is 8.89. The minimum Gasteiger partial charge on any atom is -0.360 e. The van der Waals surface area contributed by atoms with Crippen molar-refractivity contribution in [1.82, 2.24) is 20.3 Å². The Morgan fingerprint density at radius 3 is 2.65 bits per heavy atom. The van der Waals surface area contributed by atoms with Crippen LogP contribution in [0.5, 0.6) is 0 Å². The highest BCUT2D eigenvalue weighted by Crippen LogP contribution is 2.19. The van der Waals surface area contributed by atoms with Crippen molar-refractivity contribution in [2.24, 2.45) is 5.92 Å². The molecule has 3 rings (SSSR count). The van der Waals surface area contributed by atoms with Crippen molar-refractivity contribution >= 4 is 0 Å². The molecule has 0 bridgehead atoms. The summed E-state index contributed by atoms with van der Waals surface area (Å²) in [4.78, 5) is 0. The Hall–Kier alpha value is -2.47. The van der Waals surface area contributed by atoms with E-state index in [0.717, 1.165) is 40.5 Å². The lowest BCUT2D eigenvalue weighted by Gasteiger charge is -2.12. The fraction of sp³-hybridized carbons (Fsp3) is 0.400. The minimum absolute atomic E-state index is 0.258. The van der Waals surface area contributed by atoms with Gasteiger partial charge in [0.2, 0.25) is 0 Å². The molecular formula is C20H25FN4O. The van der Waals surface area contributed by atoms with Crippen molar-refractivity contribution in [1.29, 1.82) is 0 Å². The second-order valence-electron chi connectivity index (χ2n) is 7.10. The molecule has 5 nitrogen and oxygen atoms in total. The molecule has 0 unspecified atom stereocenters. The Balaban J connectivity index is 1.71. The molecule has 0 amide bonds. The van der Waals surface area contributed by atoms with Crippen LogP contribution in [0.15, 0.2) is 34.9 Å². The maximum Gasteiger partial charge on any atom is 0.150 e. The van der Waals surface area contributed by atoms with Gasteiger partial charge in [-0.15, -0.1) is 0 Å². The highest BCUT2D eigenvalue weighted by atomic mass is 19.1. The lowest BCUT2D eigenvalue weighted by atomic mass is 10.1. The van der Waals surface area contributed by atoms with Gasteiger partial charge in [0.15, 0.2) is 5.76 Å². The molecule has 2 aromatic heterocycles. The van der Waals surface area contributed by atoms with E-state index in [2.05, 4.69) is 29.4 Å². The van der Waals surface area contributed by atoms with E-state index in [9.17, 15) is 4.39 Å². The van der Waals surface area contributed by atoms with Crippen molar-refractivity contribution in [3.05, 3.63) is 64.6 Å². The van der Waals surface area contributed by atoms with Crippen LogP contribution in [0.1, 0.15) is 42.3 Å². The van der Waals surface area contributed by atoms with Gasteiger partial charge >= 0.3 is 0 Å². The van der Waals surface area contributed by atoms with Crippen LogP contribution < -0.4 is 5.32 Å². The fourth-order valence-corrected chi connectivity index (χ4v) is 3.05. The Morgan fingerprint density at radius 1 is 1.15 bits per heavy atom.